The van der Waals surface area contributed by atoms with E-state index in [-0.39, 0.29) is 0 Å². The normalized spacial score (nSPS) is 15.0. The lowest BCUT2D eigenvalue weighted by Gasteiger charge is -2.32. The predicted octanol–water partition coefficient (Wildman–Crippen LogP) is 3.51. The molecule has 0 bridgehead atoms. The van der Waals surface area contributed by atoms with E-state index in [1.807, 2.05) is 59.4 Å². The van der Waals surface area contributed by atoms with Crippen LogP contribution >= 0.6 is 0 Å². The minimum atomic E-state index is 0.526. The molecule has 1 aromatic carbocycles. The summed E-state index contributed by atoms with van der Waals surface area (Å²) in [6, 6.07) is 15.8. The van der Waals surface area contributed by atoms with Gasteiger partial charge in [-0.2, -0.15) is 5.10 Å². The predicted molar refractivity (Wildman–Crippen MR) is 111 cm³/mol. The van der Waals surface area contributed by atoms with E-state index in [1.54, 1.807) is 12.5 Å². The second kappa shape index (κ2) is 7.87. The molecule has 1 saturated heterocycles. The number of ether oxygens (including phenoxy) is 1. The maximum atomic E-state index is 5.84. The number of benzene rings is 1. The molecule has 0 N–H and O–H groups in total. The molecule has 7 heteroatoms. The average molecular weight is 386 g/mol. The van der Waals surface area contributed by atoms with Crippen molar-refractivity contribution >= 4 is 16.9 Å². The summed E-state index contributed by atoms with van der Waals surface area (Å²) in [5.41, 5.74) is 1.83. The Hall–Kier alpha value is -3.48. The molecule has 29 heavy (non-hydrogen) atoms. The molecule has 0 unspecified atom stereocenters. The number of pyridine rings is 1. The highest BCUT2D eigenvalue weighted by atomic mass is 16.5. The molecule has 5 rings (SSSR count). The topological polar surface area (TPSA) is 69.0 Å². The molecular weight excluding hydrogens is 364 g/mol. The number of rotatable bonds is 5. The van der Waals surface area contributed by atoms with Crippen LogP contribution in [0.1, 0.15) is 12.8 Å². The first-order valence-electron chi connectivity index (χ1n) is 9.91. The molecule has 0 saturated carbocycles. The third kappa shape index (κ3) is 3.63. The number of hydrogen-bond donors (Lipinski definition) is 0. The molecule has 0 spiro atoms. The summed E-state index contributed by atoms with van der Waals surface area (Å²) in [5.74, 6) is 2.18. The van der Waals surface area contributed by atoms with Crippen molar-refractivity contribution < 1.29 is 4.74 Å². The summed E-state index contributed by atoms with van der Waals surface area (Å²) in [7, 11) is 0. The van der Waals surface area contributed by atoms with Crippen molar-refractivity contribution in [2.75, 3.05) is 24.6 Å². The van der Waals surface area contributed by atoms with Crippen molar-refractivity contribution in [2.45, 2.75) is 12.8 Å². The minimum absolute atomic E-state index is 0.526. The zero-order chi connectivity index (χ0) is 19.5. The summed E-state index contributed by atoms with van der Waals surface area (Å²) in [6.07, 6.45) is 7.38. The fourth-order valence-electron chi connectivity index (χ4n) is 3.79. The van der Waals surface area contributed by atoms with Crippen LogP contribution in [0, 0.1) is 5.92 Å². The van der Waals surface area contributed by atoms with Crippen molar-refractivity contribution in [3.63, 3.8) is 0 Å². The van der Waals surface area contributed by atoms with Gasteiger partial charge in [0, 0.05) is 25.4 Å². The van der Waals surface area contributed by atoms with E-state index in [2.05, 4.69) is 25.0 Å². The maximum absolute atomic E-state index is 5.84. The number of anilines is 1. The number of fused-ring (bicyclic) bond motifs is 1. The largest absolute Gasteiger partial charge is 0.477 e. The van der Waals surface area contributed by atoms with Gasteiger partial charge in [-0.3, -0.25) is 0 Å². The van der Waals surface area contributed by atoms with Crippen molar-refractivity contribution in [1.29, 1.82) is 0 Å². The highest BCUT2D eigenvalue weighted by Gasteiger charge is 2.23. The molecule has 4 aromatic rings. The van der Waals surface area contributed by atoms with Crippen LogP contribution in [0.3, 0.4) is 0 Å². The molecular formula is C22H22N6O. The fourth-order valence-corrected chi connectivity index (χ4v) is 3.79. The van der Waals surface area contributed by atoms with Crippen LogP contribution < -0.4 is 9.64 Å². The standard InChI is InChI=1S/C22H22N6O/c1-2-6-18(7-3-1)28-22-19(14-26-28)21(24-16-25-22)27-12-9-17(10-13-27)15-29-20-8-4-5-11-23-20/h1-8,11,14,16-17H,9-10,12-13,15H2. The molecule has 3 aromatic heterocycles. The molecule has 7 nitrogen and oxygen atoms in total. The van der Waals surface area contributed by atoms with Crippen molar-refractivity contribution in [2.24, 2.45) is 5.92 Å². The van der Waals surface area contributed by atoms with Gasteiger partial charge in [0.05, 0.1) is 23.9 Å². The Labute approximate surface area is 169 Å². The Kier molecular flexibility index (Phi) is 4.78. The van der Waals surface area contributed by atoms with Gasteiger partial charge in [0.2, 0.25) is 5.88 Å². The summed E-state index contributed by atoms with van der Waals surface area (Å²) >= 11 is 0. The van der Waals surface area contributed by atoms with Crippen LogP contribution in [0.25, 0.3) is 16.7 Å². The Balaban J connectivity index is 1.29. The quantitative estimate of drug-likeness (QED) is 0.523. The fraction of sp³-hybridized carbons (Fsp3) is 0.273. The Morgan fingerprint density at radius 1 is 0.931 bits per heavy atom. The second-order valence-electron chi connectivity index (χ2n) is 7.24. The highest BCUT2D eigenvalue weighted by molar-refractivity contribution is 5.87. The van der Waals surface area contributed by atoms with Gasteiger partial charge in [0.15, 0.2) is 5.65 Å². The van der Waals surface area contributed by atoms with E-state index in [0.717, 1.165) is 48.5 Å². The van der Waals surface area contributed by atoms with Gasteiger partial charge in [-0.25, -0.2) is 19.6 Å². The van der Waals surface area contributed by atoms with E-state index in [4.69, 9.17) is 4.74 Å². The molecule has 0 aliphatic carbocycles. The van der Waals surface area contributed by atoms with E-state index in [0.29, 0.717) is 18.4 Å². The Morgan fingerprint density at radius 3 is 2.55 bits per heavy atom. The molecule has 1 aliphatic heterocycles. The zero-order valence-corrected chi connectivity index (χ0v) is 16.1. The number of para-hydroxylation sites is 1. The van der Waals surface area contributed by atoms with Crippen LogP contribution in [0.5, 0.6) is 5.88 Å². The lowest BCUT2D eigenvalue weighted by molar-refractivity contribution is 0.216. The lowest BCUT2D eigenvalue weighted by Crippen LogP contribution is -2.36. The van der Waals surface area contributed by atoms with Crippen LogP contribution in [0.4, 0.5) is 5.82 Å². The molecule has 0 atom stereocenters. The van der Waals surface area contributed by atoms with Gasteiger partial charge in [-0.15, -0.1) is 0 Å². The first kappa shape index (κ1) is 17.6. The summed E-state index contributed by atoms with van der Waals surface area (Å²) in [4.78, 5) is 15.6. The summed E-state index contributed by atoms with van der Waals surface area (Å²) < 4.78 is 7.71. The summed E-state index contributed by atoms with van der Waals surface area (Å²) in [5, 5.41) is 5.55. The molecule has 146 valence electrons. The average Bonchev–Trinajstić information content (AvgIpc) is 3.24. The number of aromatic nitrogens is 5. The van der Waals surface area contributed by atoms with E-state index < -0.39 is 0 Å². The van der Waals surface area contributed by atoms with Crippen LogP contribution in [0.15, 0.2) is 67.3 Å². The van der Waals surface area contributed by atoms with Crippen molar-refractivity contribution in [3.8, 4) is 11.6 Å². The van der Waals surface area contributed by atoms with Crippen molar-refractivity contribution in [3.05, 3.63) is 67.3 Å². The Morgan fingerprint density at radius 2 is 1.76 bits per heavy atom. The first-order valence-corrected chi connectivity index (χ1v) is 9.91. The minimum Gasteiger partial charge on any atom is -0.477 e. The summed E-state index contributed by atoms with van der Waals surface area (Å²) in [6.45, 7) is 2.59. The zero-order valence-electron chi connectivity index (χ0n) is 16.1. The van der Waals surface area contributed by atoms with Gasteiger partial charge >= 0.3 is 0 Å². The van der Waals surface area contributed by atoms with Gasteiger partial charge in [-0.1, -0.05) is 24.3 Å². The molecule has 0 amide bonds. The molecule has 1 aliphatic rings. The van der Waals surface area contributed by atoms with Crippen LogP contribution in [-0.4, -0.2) is 44.4 Å². The lowest BCUT2D eigenvalue weighted by atomic mass is 9.98. The maximum Gasteiger partial charge on any atom is 0.213 e. The van der Waals surface area contributed by atoms with Crippen LogP contribution in [0.2, 0.25) is 0 Å². The monoisotopic (exact) mass is 386 g/mol. The second-order valence-corrected chi connectivity index (χ2v) is 7.24. The van der Waals surface area contributed by atoms with E-state index in [9.17, 15) is 0 Å². The number of nitrogens with zero attached hydrogens (tertiary/aromatic N) is 6. The third-order valence-corrected chi connectivity index (χ3v) is 5.36. The van der Waals surface area contributed by atoms with Crippen molar-refractivity contribution in [1.82, 2.24) is 24.7 Å². The van der Waals surface area contributed by atoms with Gasteiger partial charge in [0.1, 0.15) is 12.1 Å². The molecule has 4 heterocycles. The van der Waals surface area contributed by atoms with Crippen LogP contribution in [-0.2, 0) is 0 Å². The van der Waals surface area contributed by atoms with Gasteiger partial charge < -0.3 is 9.64 Å². The smallest absolute Gasteiger partial charge is 0.213 e. The molecule has 0 radical (unpaired) electrons. The van der Waals surface area contributed by atoms with E-state index in [1.165, 1.54) is 0 Å². The Bertz CT molecular complexity index is 1070. The highest BCUT2D eigenvalue weighted by Crippen LogP contribution is 2.28. The van der Waals surface area contributed by atoms with E-state index >= 15 is 0 Å². The SMILES string of the molecule is c1ccc(-n2ncc3c(N4CCC(COc5ccccn5)CC4)ncnc32)cc1. The number of piperidine rings is 1. The first-order chi connectivity index (χ1) is 14.4. The third-order valence-electron chi connectivity index (χ3n) is 5.36. The van der Waals surface area contributed by atoms with Gasteiger partial charge in [0.25, 0.3) is 0 Å². The molecule has 1 fully saturated rings. The van der Waals surface area contributed by atoms with Gasteiger partial charge in [-0.05, 0) is 37.0 Å². The number of hydrogen-bond acceptors (Lipinski definition) is 6.